The number of fused-ring (bicyclic) bond motifs is 2. The smallest absolute Gasteiger partial charge is 0.313 e. The topological polar surface area (TPSA) is 46.6 Å². The number of piperidine rings is 1. The molecule has 0 aromatic carbocycles. The molecule has 4 heteroatoms. The van der Waals surface area contributed by atoms with Gasteiger partial charge in [0.1, 0.15) is 0 Å². The lowest BCUT2D eigenvalue weighted by Gasteiger charge is -2.41. The zero-order valence-electron chi connectivity index (χ0n) is 13.0. The Kier molecular flexibility index (Phi) is 2.77. The Morgan fingerprint density at radius 2 is 2.00 bits per heavy atom. The summed E-state index contributed by atoms with van der Waals surface area (Å²) in [6, 6.07) is 0. The normalized spacial score (nSPS) is 42.7. The number of ether oxygens (including phenoxy) is 1. The van der Waals surface area contributed by atoms with Crippen molar-refractivity contribution in [3.8, 4) is 0 Å². The van der Waals surface area contributed by atoms with Gasteiger partial charge in [0.2, 0.25) is 0 Å². The van der Waals surface area contributed by atoms with Gasteiger partial charge in [0.25, 0.3) is 5.91 Å². The van der Waals surface area contributed by atoms with Gasteiger partial charge in [-0.05, 0) is 38.5 Å². The van der Waals surface area contributed by atoms with E-state index in [9.17, 15) is 9.59 Å². The van der Waals surface area contributed by atoms with E-state index in [0.29, 0.717) is 12.3 Å². The molecule has 20 heavy (non-hydrogen) atoms. The molecule has 112 valence electrons. The Morgan fingerprint density at radius 3 is 2.50 bits per heavy atom. The zero-order chi connectivity index (χ0) is 14.8. The number of nitrogens with zero attached hydrogens (tertiary/aromatic N) is 1. The van der Waals surface area contributed by atoms with E-state index in [-0.39, 0.29) is 11.9 Å². The maximum Gasteiger partial charge on any atom is 0.313 e. The van der Waals surface area contributed by atoms with Gasteiger partial charge in [0.05, 0.1) is 5.41 Å². The Labute approximate surface area is 120 Å². The third-order valence-electron chi connectivity index (χ3n) is 6.37. The summed E-state index contributed by atoms with van der Waals surface area (Å²) in [6.45, 7) is 9.78. The summed E-state index contributed by atoms with van der Waals surface area (Å²) in [4.78, 5) is 27.2. The molecule has 3 aliphatic rings. The second-order valence-electron chi connectivity index (χ2n) is 7.67. The van der Waals surface area contributed by atoms with E-state index in [1.165, 1.54) is 6.42 Å². The minimum absolute atomic E-state index is 0.0450. The Bertz CT molecular complexity index is 472. The fraction of sp³-hybridized carbons (Fsp3) is 0.875. The second-order valence-corrected chi connectivity index (χ2v) is 7.67. The summed E-state index contributed by atoms with van der Waals surface area (Å²) < 4.78 is 5.69. The van der Waals surface area contributed by atoms with Crippen molar-refractivity contribution >= 4 is 11.9 Å². The molecule has 2 aliphatic heterocycles. The van der Waals surface area contributed by atoms with Gasteiger partial charge in [0.15, 0.2) is 5.60 Å². The van der Waals surface area contributed by atoms with Gasteiger partial charge in [-0.3, -0.25) is 9.59 Å². The minimum atomic E-state index is -0.921. The van der Waals surface area contributed by atoms with E-state index in [1.807, 2.05) is 25.7 Å². The average molecular weight is 279 g/mol. The van der Waals surface area contributed by atoms with Crippen LogP contribution in [0, 0.1) is 16.7 Å². The summed E-state index contributed by atoms with van der Waals surface area (Å²) >= 11 is 0. The second kappa shape index (κ2) is 3.99. The lowest BCUT2D eigenvalue weighted by molar-refractivity contribution is -0.175. The quantitative estimate of drug-likeness (QED) is 0.692. The number of hydrogen-bond acceptors (Lipinski definition) is 3. The molecule has 0 spiro atoms. The molecule has 0 aromatic rings. The van der Waals surface area contributed by atoms with Crippen molar-refractivity contribution in [2.45, 2.75) is 59.0 Å². The van der Waals surface area contributed by atoms with Crippen molar-refractivity contribution in [3.63, 3.8) is 0 Å². The van der Waals surface area contributed by atoms with Crippen molar-refractivity contribution in [1.29, 1.82) is 0 Å². The summed E-state index contributed by atoms with van der Waals surface area (Å²) in [7, 11) is 0. The molecule has 2 saturated heterocycles. The highest BCUT2D eigenvalue weighted by Crippen LogP contribution is 2.66. The van der Waals surface area contributed by atoms with Crippen molar-refractivity contribution in [1.82, 2.24) is 4.90 Å². The lowest BCUT2D eigenvalue weighted by atomic mass is 9.66. The van der Waals surface area contributed by atoms with Crippen LogP contribution < -0.4 is 0 Å². The molecule has 3 fully saturated rings. The predicted octanol–water partition coefficient (Wildman–Crippen LogP) is 2.37. The predicted molar refractivity (Wildman–Crippen MR) is 74.9 cm³/mol. The third-order valence-corrected chi connectivity index (χ3v) is 6.37. The average Bonchev–Trinajstić information content (AvgIpc) is 2.68. The fourth-order valence-electron chi connectivity index (χ4n) is 4.35. The Hall–Kier alpha value is -1.06. The van der Waals surface area contributed by atoms with Gasteiger partial charge in [-0.25, -0.2) is 0 Å². The molecule has 4 nitrogen and oxygen atoms in total. The SMILES string of the molecule is C[C@@H]1CCCN(C(=O)[C@]23CC[C@@](C)(C(=O)O2)C3(C)C)C1. The van der Waals surface area contributed by atoms with Crippen molar-refractivity contribution in [3.05, 3.63) is 0 Å². The van der Waals surface area contributed by atoms with Crippen LogP contribution in [-0.2, 0) is 14.3 Å². The first-order valence-electron chi connectivity index (χ1n) is 7.77. The minimum Gasteiger partial charge on any atom is -0.448 e. The summed E-state index contributed by atoms with van der Waals surface area (Å²) in [5, 5.41) is 0. The summed E-state index contributed by atoms with van der Waals surface area (Å²) in [6.07, 6.45) is 3.66. The number of carbonyl (C=O) groups excluding carboxylic acids is 2. The molecule has 1 saturated carbocycles. The highest BCUT2D eigenvalue weighted by Gasteiger charge is 2.76. The molecule has 0 radical (unpaired) electrons. The van der Waals surface area contributed by atoms with Gasteiger partial charge in [-0.1, -0.05) is 20.8 Å². The third kappa shape index (κ3) is 1.43. The first-order chi connectivity index (χ1) is 9.24. The van der Waals surface area contributed by atoms with Crippen molar-refractivity contribution in [2.75, 3.05) is 13.1 Å². The highest BCUT2D eigenvalue weighted by molar-refractivity contribution is 5.96. The molecule has 3 atom stereocenters. The summed E-state index contributed by atoms with van der Waals surface area (Å²) in [5.74, 6) is 0.396. The van der Waals surface area contributed by atoms with E-state index < -0.39 is 16.4 Å². The highest BCUT2D eigenvalue weighted by atomic mass is 16.6. The van der Waals surface area contributed by atoms with Gasteiger partial charge >= 0.3 is 5.97 Å². The zero-order valence-corrected chi connectivity index (χ0v) is 13.0. The maximum absolute atomic E-state index is 13.1. The molecule has 0 unspecified atom stereocenters. The van der Waals surface area contributed by atoms with Gasteiger partial charge in [-0.2, -0.15) is 0 Å². The fourth-order valence-corrected chi connectivity index (χ4v) is 4.35. The van der Waals surface area contributed by atoms with Crippen LogP contribution in [0.4, 0.5) is 0 Å². The number of likely N-dealkylation sites (tertiary alicyclic amines) is 1. The first kappa shape index (κ1) is 13.9. The summed E-state index contributed by atoms with van der Waals surface area (Å²) in [5.41, 5.74) is -1.85. The van der Waals surface area contributed by atoms with Gasteiger partial charge < -0.3 is 9.64 Å². The van der Waals surface area contributed by atoms with Crippen LogP contribution in [-0.4, -0.2) is 35.5 Å². The lowest BCUT2D eigenvalue weighted by Crippen LogP contribution is -2.56. The monoisotopic (exact) mass is 279 g/mol. The van der Waals surface area contributed by atoms with Crippen molar-refractivity contribution < 1.29 is 14.3 Å². The van der Waals surface area contributed by atoms with E-state index >= 15 is 0 Å². The van der Waals surface area contributed by atoms with Gasteiger partial charge in [-0.15, -0.1) is 0 Å². The number of esters is 1. The molecule has 2 bridgehead atoms. The Balaban J connectivity index is 1.93. The van der Waals surface area contributed by atoms with E-state index in [0.717, 1.165) is 25.9 Å². The van der Waals surface area contributed by atoms with Crippen molar-refractivity contribution in [2.24, 2.45) is 16.7 Å². The molecule has 3 rings (SSSR count). The molecule has 0 aromatic heterocycles. The maximum atomic E-state index is 13.1. The number of carbonyl (C=O) groups is 2. The van der Waals surface area contributed by atoms with Crippen LogP contribution in [0.1, 0.15) is 53.4 Å². The van der Waals surface area contributed by atoms with Crippen LogP contribution in [0.3, 0.4) is 0 Å². The molecule has 0 N–H and O–H groups in total. The molecule has 2 heterocycles. The van der Waals surface area contributed by atoms with Crippen LogP contribution in [0.2, 0.25) is 0 Å². The molecular formula is C16H25NO3. The molecule has 1 aliphatic carbocycles. The Morgan fingerprint density at radius 1 is 1.30 bits per heavy atom. The van der Waals surface area contributed by atoms with Crippen LogP contribution in [0.15, 0.2) is 0 Å². The molecule has 1 amide bonds. The van der Waals surface area contributed by atoms with E-state index in [4.69, 9.17) is 4.74 Å². The van der Waals surface area contributed by atoms with Crippen LogP contribution in [0.25, 0.3) is 0 Å². The molecular weight excluding hydrogens is 254 g/mol. The number of rotatable bonds is 1. The van der Waals surface area contributed by atoms with Crippen LogP contribution >= 0.6 is 0 Å². The number of hydrogen-bond donors (Lipinski definition) is 0. The standard InChI is InChI=1S/C16H25NO3/c1-11-6-5-9-17(10-11)12(18)16-8-7-15(4,13(19)20-16)14(16,2)3/h11H,5-10H2,1-4H3/t11-,15+,16+/m1/s1. The van der Waals surface area contributed by atoms with Gasteiger partial charge in [0, 0.05) is 18.5 Å². The first-order valence-corrected chi connectivity index (χ1v) is 7.77. The largest absolute Gasteiger partial charge is 0.448 e. The van der Waals surface area contributed by atoms with Crippen LogP contribution in [0.5, 0.6) is 0 Å². The number of amides is 1. The van der Waals surface area contributed by atoms with E-state index in [2.05, 4.69) is 6.92 Å². The van der Waals surface area contributed by atoms with E-state index in [1.54, 1.807) is 0 Å².